The second-order valence-electron chi connectivity index (χ2n) is 7.79. The molecule has 0 bridgehead atoms. The van der Waals surface area contributed by atoms with E-state index >= 15 is 0 Å². The molecule has 1 aliphatic rings. The van der Waals surface area contributed by atoms with Crippen LogP contribution in [0.5, 0.6) is 0 Å². The first-order valence-corrected chi connectivity index (χ1v) is 10.1. The highest BCUT2D eigenvalue weighted by Gasteiger charge is 2.24. The van der Waals surface area contributed by atoms with Gasteiger partial charge in [0.15, 0.2) is 0 Å². The maximum Gasteiger partial charge on any atom is 0.259 e. The summed E-state index contributed by atoms with van der Waals surface area (Å²) in [6, 6.07) is 18.7. The number of fused-ring (bicyclic) bond motifs is 3. The molecule has 3 heterocycles. The Morgan fingerprint density at radius 1 is 1.00 bits per heavy atom. The summed E-state index contributed by atoms with van der Waals surface area (Å²) in [7, 11) is 0. The van der Waals surface area contributed by atoms with Crippen LogP contribution in [-0.2, 0) is 26.1 Å². The fraction of sp³-hybridized carbons (Fsp3) is 0.250. The molecule has 0 atom stereocenters. The Morgan fingerprint density at radius 2 is 1.79 bits per heavy atom. The number of nitrogens with zero attached hydrogens (tertiary/aromatic N) is 4. The van der Waals surface area contributed by atoms with Gasteiger partial charge in [-0.3, -0.25) is 18.7 Å². The van der Waals surface area contributed by atoms with Crippen LogP contribution < -0.4 is 5.56 Å². The lowest BCUT2D eigenvalue weighted by Crippen LogP contribution is -2.38. The molecule has 29 heavy (non-hydrogen) atoms. The molecule has 0 amide bonds. The van der Waals surface area contributed by atoms with E-state index in [2.05, 4.69) is 57.6 Å². The van der Waals surface area contributed by atoms with Gasteiger partial charge in [0.2, 0.25) is 5.78 Å². The maximum absolute atomic E-state index is 13.5. The normalized spacial score (nSPS) is 14.2. The minimum atomic E-state index is 0.0831. The van der Waals surface area contributed by atoms with Crippen LogP contribution in [0.3, 0.4) is 0 Å². The van der Waals surface area contributed by atoms with Gasteiger partial charge in [-0.2, -0.15) is 0 Å². The summed E-state index contributed by atoms with van der Waals surface area (Å²) in [5.74, 6) is 0.730. The summed E-state index contributed by atoms with van der Waals surface area (Å²) in [5, 5.41) is 0. The van der Waals surface area contributed by atoms with E-state index in [9.17, 15) is 4.79 Å². The van der Waals surface area contributed by atoms with Crippen LogP contribution in [0.4, 0.5) is 0 Å². The topological polar surface area (TPSA) is 42.5 Å². The lowest BCUT2D eigenvalue weighted by molar-refractivity contribution is 0.240. The van der Waals surface area contributed by atoms with Crippen LogP contribution in [-0.4, -0.2) is 25.4 Å². The second-order valence-corrected chi connectivity index (χ2v) is 7.79. The third-order valence-electron chi connectivity index (χ3n) is 5.89. The van der Waals surface area contributed by atoms with Gasteiger partial charge in [-0.1, -0.05) is 54.6 Å². The number of imidazole rings is 1. The van der Waals surface area contributed by atoms with E-state index in [0.717, 1.165) is 42.1 Å². The van der Waals surface area contributed by atoms with Crippen molar-refractivity contribution in [3.8, 4) is 0 Å². The molecule has 5 rings (SSSR count). The maximum atomic E-state index is 13.5. The van der Waals surface area contributed by atoms with Crippen LogP contribution in [0, 0.1) is 6.92 Å². The van der Waals surface area contributed by atoms with E-state index in [1.807, 2.05) is 29.0 Å². The molecule has 146 valence electrons. The molecule has 4 aromatic rings. The fourth-order valence-corrected chi connectivity index (χ4v) is 4.30. The lowest BCUT2D eigenvalue weighted by atomic mass is 10.0. The number of hydrogen-bond donors (Lipinski definition) is 0. The standard InChI is InChI=1S/C24H24N4O/c1-18-7-5-6-10-20(18)16-28-23(29)21-17-26(15-19-8-3-2-4-9-19)13-11-22(21)27-14-12-25-24(27)28/h2-10,12,14H,11,13,15-17H2,1H3. The first-order valence-electron chi connectivity index (χ1n) is 10.1. The van der Waals surface area contributed by atoms with Gasteiger partial charge in [-0.15, -0.1) is 0 Å². The van der Waals surface area contributed by atoms with Crippen molar-refractivity contribution in [1.82, 2.24) is 18.9 Å². The number of rotatable bonds is 4. The first-order chi connectivity index (χ1) is 14.2. The van der Waals surface area contributed by atoms with Crippen LogP contribution >= 0.6 is 0 Å². The molecule has 2 aromatic carbocycles. The quantitative estimate of drug-likeness (QED) is 0.542. The molecule has 5 heteroatoms. The van der Waals surface area contributed by atoms with Gasteiger partial charge in [-0.25, -0.2) is 4.98 Å². The van der Waals surface area contributed by atoms with Crippen molar-refractivity contribution < 1.29 is 0 Å². The Kier molecular flexibility index (Phi) is 4.52. The highest BCUT2D eigenvalue weighted by Crippen LogP contribution is 2.20. The van der Waals surface area contributed by atoms with Crippen LogP contribution in [0.1, 0.15) is 27.9 Å². The molecule has 0 saturated heterocycles. The highest BCUT2D eigenvalue weighted by atomic mass is 16.1. The van der Waals surface area contributed by atoms with Gasteiger partial charge in [0.05, 0.1) is 12.1 Å². The number of hydrogen-bond acceptors (Lipinski definition) is 3. The van der Waals surface area contributed by atoms with Crippen molar-refractivity contribution in [2.45, 2.75) is 33.0 Å². The van der Waals surface area contributed by atoms with Crippen LogP contribution in [0.25, 0.3) is 5.78 Å². The molecule has 0 radical (unpaired) electrons. The summed E-state index contributed by atoms with van der Waals surface area (Å²) in [6.45, 7) is 5.10. The van der Waals surface area contributed by atoms with E-state index in [0.29, 0.717) is 13.1 Å². The SMILES string of the molecule is Cc1ccccc1Cn1c(=O)c2c(n3ccnc13)CCN(Cc1ccccc1)C2. The summed E-state index contributed by atoms with van der Waals surface area (Å²) in [5.41, 5.74) is 5.70. The van der Waals surface area contributed by atoms with Gasteiger partial charge in [-0.05, 0) is 23.6 Å². The molecule has 0 N–H and O–H groups in total. The lowest BCUT2D eigenvalue weighted by Gasteiger charge is -2.29. The summed E-state index contributed by atoms with van der Waals surface area (Å²) >= 11 is 0. The Balaban J connectivity index is 1.55. The average Bonchev–Trinajstić information content (AvgIpc) is 3.23. The Morgan fingerprint density at radius 3 is 2.62 bits per heavy atom. The second kappa shape index (κ2) is 7.33. The molecule has 0 aliphatic carbocycles. The van der Waals surface area contributed by atoms with Crippen LogP contribution in [0.2, 0.25) is 0 Å². The minimum Gasteiger partial charge on any atom is -0.294 e. The van der Waals surface area contributed by atoms with Gasteiger partial charge >= 0.3 is 0 Å². The van der Waals surface area contributed by atoms with Gasteiger partial charge in [0, 0.05) is 44.1 Å². The number of aryl methyl sites for hydroxylation is 1. The van der Waals surface area contributed by atoms with Crippen molar-refractivity contribution in [3.05, 3.63) is 105 Å². The zero-order chi connectivity index (χ0) is 19.8. The smallest absolute Gasteiger partial charge is 0.259 e. The molecule has 1 aliphatic heterocycles. The van der Waals surface area contributed by atoms with E-state index in [1.165, 1.54) is 11.1 Å². The number of aromatic nitrogens is 3. The number of benzene rings is 2. The van der Waals surface area contributed by atoms with Gasteiger partial charge in [0.1, 0.15) is 0 Å². The molecule has 0 unspecified atom stereocenters. The van der Waals surface area contributed by atoms with Crippen molar-refractivity contribution in [1.29, 1.82) is 0 Å². The van der Waals surface area contributed by atoms with E-state index in [4.69, 9.17) is 0 Å². The first kappa shape index (κ1) is 17.9. The zero-order valence-corrected chi connectivity index (χ0v) is 16.6. The molecular formula is C24H24N4O. The Hall–Kier alpha value is -3.18. The van der Waals surface area contributed by atoms with Crippen molar-refractivity contribution in [2.75, 3.05) is 6.54 Å². The van der Waals surface area contributed by atoms with Crippen LogP contribution in [0.15, 0.2) is 71.8 Å². The molecule has 0 fully saturated rings. The molecular weight excluding hydrogens is 360 g/mol. The van der Waals surface area contributed by atoms with Crippen molar-refractivity contribution >= 4 is 5.78 Å². The van der Waals surface area contributed by atoms with Gasteiger partial charge < -0.3 is 0 Å². The molecule has 0 saturated carbocycles. The Bertz CT molecular complexity index is 1220. The average molecular weight is 384 g/mol. The van der Waals surface area contributed by atoms with Crippen molar-refractivity contribution in [3.63, 3.8) is 0 Å². The van der Waals surface area contributed by atoms with E-state index in [1.54, 1.807) is 6.20 Å². The predicted octanol–water partition coefficient (Wildman–Crippen LogP) is 3.41. The molecule has 2 aromatic heterocycles. The summed E-state index contributed by atoms with van der Waals surface area (Å²) in [6.07, 6.45) is 4.63. The third kappa shape index (κ3) is 3.28. The predicted molar refractivity (Wildman–Crippen MR) is 114 cm³/mol. The van der Waals surface area contributed by atoms with E-state index in [-0.39, 0.29) is 5.56 Å². The van der Waals surface area contributed by atoms with Gasteiger partial charge in [0.25, 0.3) is 5.56 Å². The monoisotopic (exact) mass is 384 g/mol. The fourth-order valence-electron chi connectivity index (χ4n) is 4.30. The molecule has 5 nitrogen and oxygen atoms in total. The van der Waals surface area contributed by atoms with Crippen molar-refractivity contribution in [2.24, 2.45) is 0 Å². The van der Waals surface area contributed by atoms with E-state index < -0.39 is 0 Å². The molecule has 0 spiro atoms. The largest absolute Gasteiger partial charge is 0.294 e. The zero-order valence-electron chi connectivity index (χ0n) is 16.6. The summed E-state index contributed by atoms with van der Waals surface area (Å²) in [4.78, 5) is 20.4. The summed E-state index contributed by atoms with van der Waals surface area (Å²) < 4.78 is 3.93. The highest BCUT2D eigenvalue weighted by molar-refractivity contribution is 5.39. The minimum absolute atomic E-state index is 0.0831. The Labute approximate surface area is 169 Å². The third-order valence-corrected chi connectivity index (χ3v) is 5.89.